The highest BCUT2D eigenvalue weighted by molar-refractivity contribution is 9.10. The van der Waals surface area contributed by atoms with Crippen LogP contribution in [0.2, 0.25) is 0 Å². The predicted molar refractivity (Wildman–Crippen MR) is 76.2 cm³/mol. The van der Waals surface area contributed by atoms with Gasteiger partial charge in [-0.15, -0.1) is 5.10 Å². The number of hydrogen-bond acceptors (Lipinski definition) is 5. The van der Waals surface area contributed by atoms with Gasteiger partial charge in [0.25, 0.3) is 10.0 Å². The Bertz CT molecular complexity index is 667. The van der Waals surface area contributed by atoms with E-state index in [1.807, 2.05) is 6.07 Å². The fourth-order valence-electron chi connectivity index (χ4n) is 1.76. The second-order valence-corrected chi connectivity index (χ2v) is 6.67. The molecule has 0 saturated carbocycles. The molecule has 9 heteroatoms. The zero-order valence-corrected chi connectivity index (χ0v) is 13.5. The van der Waals surface area contributed by atoms with Gasteiger partial charge < -0.3 is 0 Å². The molecular formula is C11H14BrN5O2S. The molecule has 0 N–H and O–H groups in total. The second-order valence-electron chi connectivity index (χ2n) is 4.06. The monoisotopic (exact) mass is 359 g/mol. The van der Waals surface area contributed by atoms with E-state index in [1.165, 1.54) is 8.99 Å². The van der Waals surface area contributed by atoms with Crippen LogP contribution >= 0.6 is 15.9 Å². The fourth-order valence-corrected chi connectivity index (χ4v) is 4.21. The van der Waals surface area contributed by atoms with Crippen molar-refractivity contribution in [2.24, 2.45) is 7.05 Å². The minimum Gasteiger partial charge on any atom is -0.260 e. The molecule has 0 bridgehead atoms. The Kier molecular flexibility index (Phi) is 4.51. The number of hydrogen-bond donors (Lipinski definition) is 0. The maximum Gasteiger partial charge on any atom is 0.263 e. The van der Waals surface area contributed by atoms with E-state index in [1.54, 1.807) is 32.3 Å². The summed E-state index contributed by atoms with van der Waals surface area (Å²) in [6.07, 6.45) is 1.64. The molecule has 2 heterocycles. The van der Waals surface area contributed by atoms with Crippen molar-refractivity contribution in [3.05, 3.63) is 34.7 Å². The smallest absolute Gasteiger partial charge is 0.260 e. The van der Waals surface area contributed by atoms with E-state index in [-0.39, 0.29) is 16.2 Å². The molecule has 0 amide bonds. The van der Waals surface area contributed by atoms with E-state index in [4.69, 9.17) is 0 Å². The van der Waals surface area contributed by atoms with Crippen LogP contribution in [0.4, 0.5) is 0 Å². The minimum absolute atomic E-state index is 0.0373. The number of aryl methyl sites for hydroxylation is 1. The summed E-state index contributed by atoms with van der Waals surface area (Å²) in [4.78, 5) is 4.15. The summed E-state index contributed by atoms with van der Waals surface area (Å²) < 4.78 is 28.1. The Morgan fingerprint density at radius 3 is 2.65 bits per heavy atom. The summed E-state index contributed by atoms with van der Waals surface area (Å²) in [5, 5.41) is 7.46. The summed E-state index contributed by atoms with van der Waals surface area (Å²) in [5.74, 6) is 0. The van der Waals surface area contributed by atoms with Gasteiger partial charge in [-0.1, -0.05) is 18.2 Å². The normalized spacial score (nSPS) is 12.0. The lowest BCUT2D eigenvalue weighted by Gasteiger charge is -2.19. The average Bonchev–Trinajstić information content (AvgIpc) is 2.77. The van der Waals surface area contributed by atoms with Gasteiger partial charge in [0, 0.05) is 19.8 Å². The van der Waals surface area contributed by atoms with Crippen LogP contribution in [-0.4, -0.2) is 39.2 Å². The van der Waals surface area contributed by atoms with Crippen molar-refractivity contribution in [2.75, 3.05) is 6.54 Å². The van der Waals surface area contributed by atoms with Crippen molar-refractivity contribution in [1.29, 1.82) is 0 Å². The molecule has 2 aromatic heterocycles. The fraction of sp³-hybridized carbons (Fsp3) is 0.364. The lowest BCUT2D eigenvalue weighted by molar-refractivity contribution is 0.412. The summed E-state index contributed by atoms with van der Waals surface area (Å²) in [6, 6.07) is 5.40. The van der Waals surface area contributed by atoms with Gasteiger partial charge in [-0.05, 0) is 28.1 Å². The number of halogens is 1. The summed E-state index contributed by atoms with van der Waals surface area (Å²) in [7, 11) is -2.14. The van der Waals surface area contributed by atoms with Gasteiger partial charge in [-0.2, -0.15) is 4.31 Å². The second kappa shape index (κ2) is 5.98. The Morgan fingerprint density at radius 1 is 1.40 bits per heavy atom. The summed E-state index contributed by atoms with van der Waals surface area (Å²) in [5.41, 5.74) is 0.684. The Hall–Kier alpha value is -1.32. The standard InChI is InChI=1S/C11H14BrN5O2S/c1-3-17(8-9-6-4-5-7-13-9)20(18,19)11-10(12)14-15-16(11)2/h4-7H,3,8H2,1-2H3. The van der Waals surface area contributed by atoms with E-state index in [0.29, 0.717) is 12.2 Å². The maximum absolute atomic E-state index is 12.6. The first-order chi connectivity index (χ1) is 9.46. The van der Waals surface area contributed by atoms with Crippen LogP contribution in [0.5, 0.6) is 0 Å². The number of pyridine rings is 1. The first-order valence-corrected chi connectivity index (χ1v) is 8.15. The number of rotatable bonds is 5. The molecule has 0 aliphatic carbocycles. The minimum atomic E-state index is -3.68. The predicted octanol–water partition coefficient (Wildman–Crippen LogP) is 1.18. The highest BCUT2D eigenvalue weighted by Gasteiger charge is 2.30. The zero-order chi connectivity index (χ0) is 14.8. The van der Waals surface area contributed by atoms with Gasteiger partial charge in [-0.25, -0.2) is 13.1 Å². The molecule has 2 aromatic rings. The van der Waals surface area contributed by atoms with Gasteiger partial charge in [0.15, 0.2) is 4.60 Å². The lowest BCUT2D eigenvalue weighted by Crippen LogP contribution is -2.32. The SMILES string of the molecule is CCN(Cc1ccccn1)S(=O)(=O)c1c(Br)nnn1C. The topological polar surface area (TPSA) is 81.0 Å². The Morgan fingerprint density at radius 2 is 2.15 bits per heavy atom. The first kappa shape index (κ1) is 15.1. The van der Waals surface area contributed by atoms with Crippen molar-refractivity contribution >= 4 is 26.0 Å². The quantitative estimate of drug-likeness (QED) is 0.800. The molecule has 7 nitrogen and oxygen atoms in total. The number of aromatic nitrogens is 4. The molecule has 2 rings (SSSR count). The van der Waals surface area contributed by atoms with Crippen molar-refractivity contribution in [2.45, 2.75) is 18.5 Å². The van der Waals surface area contributed by atoms with E-state index in [0.717, 1.165) is 0 Å². The van der Waals surface area contributed by atoms with E-state index >= 15 is 0 Å². The van der Waals surface area contributed by atoms with Gasteiger partial charge in [0.05, 0.1) is 12.2 Å². The third-order valence-electron chi connectivity index (χ3n) is 2.74. The average molecular weight is 360 g/mol. The highest BCUT2D eigenvalue weighted by atomic mass is 79.9. The Balaban J connectivity index is 2.36. The molecule has 0 aliphatic heterocycles. The van der Waals surface area contributed by atoms with Crippen molar-refractivity contribution in [3.63, 3.8) is 0 Å². The molecule has 0 radical (unpaired) electrons. The van der Waals surface area contributed by atoms with E-state index in [9.17, 15) is 8.42 Å². The lowest BCUT2D eigenvalue weighted by atomic mass is 10.3. The van der Waals surface area contributed by atoms with Crippen molar-refractivity contribution in [3.8, 4) is 0 Å². The molecule has 0 saturated heterocycles. The van der Waals surface area contributed by atoms with Crippen LogP contribution in [0.25, 0.3) is 0 Å². The molecule has 0 unspecified atom stereocenters. The van der Waals surface area contributed by atoms with Gasteiger partial charge >= 0.3 is 0 Å². The molecule has 0 atom stereocenters. The van der Waals surface area contributed by atoms with Gasteiger partial charge in [0.1, 0.15) is 0 Å². The Labute approximate surface area is 125 Å². The van der Waals surface area contributed by atoms with Crippen LogP contribution in [0.1, 0.15) is 12.6 Å². The first-order valence-electron chi connectivity index (χ1n) is 5.92. The van der Waals surface area contributed by atoms with Crippen LogP contribution in [0.15, 0.2) is 34.0 Å². The molecule has 0 spiro atoms. The van der Waals surface area contributed by atoms with E-state index in [2.05, 4.69) is 31.2 Å². The molecule has 20 heavy (non-hydrogen) atoms. The summed E-state index contributed by atoms with van der Waals surface area (Å²) >= 11 is 3.12. The van der Waals surface area contributed by atoms with Crippen molar-refractivity contribution < 1.29 is 8.42 Å². The maximum atomic E-state index is 12.6. The molecule has 0 aromatic carbocycles. The van der Waals surface area contributed by atoms with Gasteiger partial charge in [-0.3, -0.25) is 4.98 Å². The van der Waals surface area contributed by atoms with Crippen molar-refractivity contribution in [1.82, 2.24) is 24.3 Å². The zero-order valence-electron chi connectivity index (χ0n) is 11.1. The van der Waals surface area contributed by atoms with Gasteiger partial charge in [0.2, 0.25) is 5.03 Å². The number of nitrogens with zero attached hydrogens (tertiary/aromatic N) is 5. The van der Waals surface area contributed by atoms with E-state index < -0.39 is 10.0 Å². The largest absolute Gasteiger partial charge is 0.263 e. The van der Waals surface area contributed by atoms with Crippen LogP contribution in [-0.2, 0) is 23.6 Å². The molecule has 108 valence electrons. The highest BCUT2D eigenvalue weighted by Crippen LogP contribution is 2.23. The van der Waals surface area contributed by atoms with Crippen LogP contribution in [0.3, 0.4) is 0 Å². The third-order valence-corrected chi connectivity index (χ3v) is 5.55. The summed E-state index contributed by atoms with van der Waals surface area (Å²) in [6.45, 7) is 2.31. The molecular weight excluding hydrogens is 346 g/mol. The molecule has 0 aliphatic rings. The third kappa shape index (κ3) is 2.89. The number of sulfonamides is 1. The molecule has 0 fully saturated rings. The van der Waals surface area contributed by atoms with Crippen LogP contribution in [0, 0.1) is 0 Å². The van der Waals surface area contributed by atoms with Crippen LogP contribution < -0.4 is 0 Å².